The normalized spacial score (nSPS) is 18.1. The first kappa shape index (κ1) is 13.1. The van der Waals surface area contributed by atoms with E-state index in [1.54, 1.807) is 7.11 Å². The van der Waals surface area contributed by atoms with Crippen LogP contribution in [-0.2, 0) is 6.54 Å². The van der Waals surface area contributed by atoms with Gasteiger partial charge in [0.15, 0.2) is 11.6 Å². The number of hydrogen-bond donors (Lipinski definition) is 1. The molecule has 1 N–H and O–H groups in total. The molecule has 1 unspecified atom stereocenters. The van der Waals surface area contributed by atoms with Crippen molar-refractivity contribution in [2.45, 2.75) is 26.4 Å². The van der Waals surface area contributed by atoms with Gasteiger partial charge in [0.25, 0.3) is 0 Å². The van der Waals surface area contributed by atoms with Gasteiger partial charge in [-0.25, -0.2) is 0 Å². The van der Waals surface area contributed by atoms with E-state index in [1.807, 2.05) is 24.3 Å². The maximum absolute atomic E-state index is 5.44. The fourth-order valence-corrected chi connectivity index (χ4v) is 2.75. The summed E-state index contributed by atoms with van der Waals surface area (Å²) in [4.78, 5) is 0. The lowest BCUT2D eigenvalue weighted by Crippen LogP contribution is -2.36. The Labute approximate surface area is 119 Å². The molecule has 106 valence electrons. The second-order valence-electron chi connectivity index (χ2n) is 5.41. The van der Waals surface area contributed by atoms with E-state index in [-0.39, 0.29) is 6.04 Å². The fourth-order valence-electron chi connectivity index (χ4n) is 2.75. The SMILES string of the molecule is COc1ccccc1-c1nnc2n1CCNC2C(C)C. The van der Waals surface area contributed by atoms with Crippen molar-refractivity contribution in [2.75, 3.05) is 13.7 Å². The zero-order valence-corrected chi connectivity index (χ0v) is 12.1. The smallest absolute Gasteiger partial charge is 0.167 e. The predicted octanol–water partition coefficient (Wildman–Crippen LogP) is 2.25. The molecule has 1 aromatic carbocycles. The molecular weight excluding hydrogens is 252 g/mol. The molecule has 1 aliphatic rings. The minimum absolute atomic E-state index is 0.264. The number of hydrogen-bond acceptors (Lipinski definition) is 4. The average Bonchev–Trinajstić information content (AvgIpc) is 2.90. The Morgan fingerprint density at radius 1 is 1.30 bits per heavy atom. The highest BCUT2D eigenvalue weighted by Gasteiger charge is 2.28. The molecule has 1 aliphatic heterocycles. The minimum Gasteiger partial charge on any atom is -0.496 e. The van der Waals surface area contributed by atoms with Gasteiger partial charge in [-0.05, 0) is 18.1 Å². The molecule has 5 heteroatoms. The first-order valence-electron chi connectivity index (χ1n) is 7.02. The zero-order valence-electron chi connectivity index (χ0n) is 12.1. The van der Waals surface area contributed by atoms with Gasteiger partial charge in [-0.2, -0.15) is 0 Å². The molecule has 0 amide bonds. The van der Waals surface area contributed by atoms with Crippen LogP contribution in [-0.4, -0.2) is 28.4 Å². The molecule has 0 radical (unpaired) electrons. The summed E-state index contributed by atoms with van der Waals surface area (Å²) in [7, 11) is 1.69. The fraction of sp³-hybridized carbons (Fsp3) is 0.467. The lowest BCUT2D eigenvalue weighted by atomic mass is 10.0. The number of benzene rings is 1. The number of fused-ring (bicyclic) bond motifs is 1. The third-order valence-electron chi connectivity index (χ3n) is 3.77. The monoisotopic (exact) mass is 272 g/mol. The van der Waals surface area contributed by atoms with Crippen molar-refractivity contribution in [2.24, 2.45) is 5.92 Å². The van der Waals surface area contributed by atoms with Crippen molar-refractivity contribution in [1.82, 2.24) is 20.1 Å². The zero-order chi connectivity index (χ0) is 14.1. The van der Waals surface area contributed by atoms with Gasteiger partial charge in [-0.1, -0.05) is 26.0 Å². The molecule has 0 aliphatic carbocycles. The number of methoxy groups -OCH3 is 1. The van der Waals surface area contributed by atoms with Crippen LogP contribution in [0.15, 0.2) is 24.3 Å². The molecule has 0 fully saturated rings. The third kappa shape index (κ3) is 2.08. The molecule has 1 aromatic heterocycles. The van der Waals surface area contributed by atoms with Crippen molar-refractivity contribution < 1.29 is 4.74 Å². The number of nitrogens with zero attached hydrogens (tertiary/aromatic N) is 3. The standard InChI is InChI=1S/C15H20N4O/c1-10(2)13-15-18-17-14(19(15)9-8-16-13)11-6-4-5-7-12(11)20-3/h4-7,10,13,16H,8-9H2,1-3H3. The molecule has 5 nitrogen and oxygen atoms in total. The van der Waals surface area contributed by atoms with E-state index in [4.69, 9.17) is 4.74 Å². The van der Waals surface area contributed by atoms with E-state index in [2.05, 4.69) is 33.9 Å². The quantitative estimate of drug-likeness (QED) is 0.931. The van der Waals surface area contributed by atoms with Crippen LogP contribution < -0.4 is 10.1 Å². The maximum Gasteiger partial charge on any atom is 0.167 e. The van der Waals surface area contributed by atoms with Crippen LogP contribution in [0.5, 0.6) is 5.75 Å². The summed E-state index contributed by atoms with van der Waals surface area (Å²) in [6.07, 6.45) is 0. The topological polar surface area (TPSA) is 52.0 Å². The third-order valence-corrected chi connectivity index (χ3v) is 3.77. The van der Waals surface area contributed by atoms with Gasteiger partial charge in [0, 0.05) is 13.1 Å². The molecule has 0 bridgehead atoms. The highest BCUT2D eigenvalue weighted by atomic mass is 16.5. The van der Waals surface area contributed by atoms with E-state index in [0.717, 1.165) is 36.1 Å². The van der Waals surface area contributed by atoms with E-state index < -0.39 is 0 Å². The van der Waals surface area contributed by atoms with E-state index in [9.17, 15) is 0 Å². The summed E-state index contributed by atoms with van der Waals surface area (Å²) >= 11 is 0. The van der Waals surface area contributed by atoms with E-state index in [0.29, 0.717) is 5.92 Å². The largest absolute Gasteiger partial charge is 0.496 e. The van der Waals surface area contributed by atoms with Crippen molar-refractivity contribution in [3.05, 3.63) is 30.1 Å². The van der Waals surface area contributed by atoms with Crippen LogP contribution in [0.25, 0.3) is 11.4 Å². The molecule has 2 aromatic rings. The second kappa shape index (κ2) is 5.25. The van der Waals surface area contributed by atoms with Gasteiger partial charge in [-0.3, -0.25) is 0 Å². The van der Waals surface area contributed by atoms with Crippen LogP contribution in [0, 0.1) is 5.92 Å². The van der Waals surface area contributed by atoms with Crippen LogP contribution in [0.3, 0.4) is 0 Å². The number of aromatic nitrogens is 3. The molecule has 1 atom stereocenters. The minimum atomic E-state index is 0.264. The molecule has 0 spiro atoms. The summed E-state index contributed by atoms with van der Waals surface area (Å²) in [5.41, 5.74) is 0.998. The van der Waals surface area contributed by atoms with Crippen molar-refractivity contribution >= 4 is 0 Å². The van der Waals surface area contributed by atoms with E-state index in [1.165, 1.54) is 0 Å². The first-order valence-corrected chi connectivity index (χ1v) is 7.02. The van der Waals surface area contributed by atoms with Crippen LogP contribution in [0.4, 0.5) is 0 Å². The molecule has 3 rings (SSSR count). The molecule has 20 heavy (non-hydrogen) atoms. The Balaban J connectivity index is 2.09. The number of ether oxygens (including phenoxy) is 1. The highest BCUT2D eigenvalue weighted by Crippen LogP contribution is 2.32. The summed E-state index contributed by atoms with van der Waals surface area (Å²) in [5.74, 6) is 3.24. The van der Waals surface area contributed by atoms with Crippen LogP contribution in [0.1, 0.15) is 25.7 Å². The van der Waals surface area contributed by atoms with Gasteiger partial charge in [0.2, 0.25) is 0 Å². The maximum atomic E-state index is 5.44. The second-order valence-corrected chi connectivity index (χ2v) is 5.41. The van der Waals surface area contributed by atoms with Gasteiger partial charge in [-0.15, -0.1) is 10.2 Å². The lowest BCUT2D eigenvalue weighted by Gasteiger charge is -2.27. The number of rotatable bonds is 3. The number of para-hydroxylation sites is 1. The highest BCUT2D eigenvalue weighted by molar-refractivity contribution is 5.64. The Morgan fingerprint density at radius 2 is 2.10 bits per heavy atom. The Morgan fingerprint density at radius 3 is 2.85 bits per heavy atom. The van der Waals surface area contributed by atoms with Gasteiger partial charge in [0.05, 0.1) is 18.7 Å². The average molecular weight is 272 g/mol. The number of nitrogens with one attached hydrogen (secondary N) is 1. The van der Waals surface area contributed by atoms with Crippen molar-refractivity contribution in [1.29, 1.82) is 0 Å². The molecular formula is C15H20N4O. The van der Waals surface area contributed by atoms with Crippen LogP contribution >= 0.6 is 0 Å². The Kier molecular flexibility index (Phi) is 3.44. The van der Waals surface area contributed by atoms with Crippen molar-refractivity contribution in [3.63, 3.8) is 0 Å². The summed E-state index contributed by atoms with van der Waals surface area (Å²) in [6, 6.07) is 8.22. The van der Waals surface area contributed by atoms with Crippen LogP contribution in [0.2, 0.25) is 0 Å². The van der Waals surface area contributed by atoms with Crippen molar-refractivity contribution in [3.8, 4) is 17.1 Å². The van der Waals surface area contributed by atoms with Gasteiger partial charge in [0.1, 0.15) is 5.75 Å². The lowest BCUT2D eigenvalue weighted by molar-refractivity contribution is 0.339. The Hall–Kier alpha value is -1.88. The Bertz CT molecular complexity index is 606. The first-order chi connectivity index (χ1) is 9.72. The summed E-state index contributed by atoms with van der Waals surface area (Å²) in [6.45, 7) is 6.23. The van der Waals surface area contributed by atoms with Gasteiger partial charge >= 0.3 is 0 Å². The summed E-state index contributed by atoms with van der Waals surface area (Å²) < 4.78 is 7.65. The molecule has 0 saturated heterocycles. The van der Waals surface area contributed by atoms with Gasteiger partial charge < -0.3 is 14.6 Å². The summed E-state index contributed by atoms with van der Waals surface area (Å²) in [5, 5.41) is 12.3. The molecule has 0 saturated carbocycles. The molecule has 2 heterocycles. The predicted molar refractivity (Wildman–Crippen MR) is 77.6 cm³/mol. The van der Waals surface area contributed by atoms with E-state index >= 15 is 0 Å².